The van der Waals surface area contributed by atoms with E-state index in [1.54, 1.807) is 0 Å². The number of rotatable bonds is 10. The first-order chi connectivity index (χ1) is 11.5. The minimum absolute atomic E-state index is 0.354. The van der Waals surface area contributed by atoms with E-state index in [1.807, 2.05) is 5.32 Å². The van der Waals surface area contributed by atoms with Crippen molar-refractivity contribution < 1.29 is 39.3 Å². The van der Waals surface area contributed by atoms with Gasteiger partial charge in [-0.2, -0.15) is 0 Å². The monoisotopic (exact) mass is 362 g/mol. The Bertz CT molecular complexity index is 536. The van der Waals surface area contributed by atoms with Crippen molar-refractivity contribution in [2.45, 2.75) is 44.5 Å². The van der Waals surface area contributed by atoms with E-state index >= 15 is 0 Å². The van der Waals surface area contributed by atoms with Crippen molar-refractivity contribution in [2.24, 2.45) is 5.73 Å². The van der Waals surface area contributed by atoms with E-state index in [2.05, 4.69) is 10.6 Å². The predicted molar refractivity (Wildman–Crippen MR) is 82.1 cm³/mol. The maximum atomic E-state index is 12.1. The van der Waals surface area contributed by atoms with E-state index in [1.165, 1.54) is 13.8 Å². The Morgan fingerprint density at radius 1 is 0.960 bits per heavy atom. The topological polar surface area (TPSA) is 208 Å². The van der Waals surface area contributed by atoms with Crippen LogP contribution in [-0.4, -0.2) is 75.8 Å². The van der Waals surface area contributed by atoms with Crippen molar-refractivity contribution >= 4 is 29.7 Å². The molecule has 0 aliphatic rings. The van der Waals surface area contributed by atoms with Gasteiger partial charge in [0, 0.05) is 0 Å². The minimum atomic E-state index is -1.74. The third-order valence-electron chi connectivity index (χ3n) is 3.01. The van der Waals surface area contributed by atoms with Gasteiger partial charge in [0.25, 0.3) is 0 Å². The number of hydrogen-bond donors (Lipinski definition) is 7. The summed E-state index contributed by atoms with van der Waals surface area (Å²) in [5, 5.41) is 33.5. The smallest absolute Gasteiger partial charge is 0.326 e. The van der Waals surface area contributed by atoms with Gasteiger partial charge >= 0.3 is 11.9 Å². The van der Waals surface area contributed by atoms with E-state index in [4.69, 9.17) is 15.9 Å². The molecule has 142 valence electrons. The second-order valence-electron chi connectivity index (χ2n) is 5.22. The van der Waals surface area contributed by atoms with Crippen LogP contribution in [0.5, 0.6) is 0 Å². The Morgan fingerprint density at radius 2 is 1.52 bits per heavy atom. The first kappa shape index (κ1) is 22.3. The summed E-state index contributed by atoms with van der Waals surface area (Å²) in [6.45, 7) is 2.12. The van der Waals surface area contributed by atoms with Crippen LogP contribution in [0.2, 0.25) is 0 Å². The molecule has 4 atom stereocenters. The SMILES string of the molecule is CC(NC(=O)CN)C(=O)NC(C(=O)NC(CC(=O)O)C(=O)O)C(C)O. The summed E-state index contributed by atoms with van der Waals surface area (Å²) >= 11 is 0. The van der Waals surface area contributed by atoms with Crippen molar-refractivity contribution in [3.63, 3.8) is 0 Å². The third kappa shape index (κ3) is 8.08. The van der Waals surface area contributed by atoms with Gasteiger partial charge in [-0.05, 0) is 13.8 Å². The second-order valence-corrected chi connectivity index (χ2v) is 5.22. The highest BCUT2D eigenvalue weighted by Gasteiger charge is 2.31. The van der Waals surface area contributed by atoms with Gasteiger partial charge in [0.15, 0.2) is 0 Å². The van der Waals surface area contributed by atoms with Crippen molar-refractivity contribution in [3.8, 4) is 0 Å². The van der Waals surface area contributed by atoms with Crippen LogP contribution in [0.3, 0.4) is 0 Å². The zero-order valence-electron chi connectivity index (χ0n) is 13.7. The molecule has 0 radical (unpaired) electrons. The number of carbonyl (C=O) groups excluding carboxylic acids is 3. The van der Waals surface area contributed by atoms with Gasteiger partial charge in [-0.1, -0.05) is 0 Å². The lowest BCUT2D eigenvalue weighted by atomic mass is 10.1. The van der Waals surface area contributed by atoms with Crippen LogP contribution in [0.1, 0.15) is 20.3 Å². The molecule has 0 saturated heterocycles. The highest BCUT2D eigenvalue weighted by Crippen LogP contribution is 1.99. The van der Waals surface area contributed by atoms with Crippen LogP contribution in [0.25, 0.3) is 0 Å². The zero-order chi connectivity index (χ0) is 19.7. The number of nitrogens with two attached hydrogens (primary N) is 1. The maximum absolute atomic E-state index is 12.1. The normalized spacial score (nSPS) is 15.2. The molecule has 12 nitrogen and oxygen atoms in total. The highest BCUT2D eigenvalue weighted by molar-refractivity contribution is 5.94. The quantitative estimate of drug-likeness (QED) is 0.204. The molecule has 0 rings (SSSR count). The summed E-state index contributed by atoms with van der Waals surface area (Å²) in [6, 6.07) is -4.36. The van der Waals surface area contributed by atoms with Gasteiger partial charge in [-0.15, -0.1) is 0 Å². The molecule has 0 spiro atoms. The standard InChI is InChI=1S/C13H22N4O8/c1-5(15-8(19)4-14)11(22)17-10(6(2)18)12(23)16-7(13(24)25)3-9(20)21/h5-7,10,18H,3-4,14H2,1-2H3,(H,15,19)(H,16,23)(H,17,22)(H,20,21)(H,24,25). The molecule has 0 aromatic carbocycles. The van der Waals surface area contributed by atoms with E-state index in [9.17, 15) is 29.1 Å². The van der Waals surface area contributed by atoms with E-state index < -0.39 is 60.3 Å². The number of hydrogen-bond acceptors (Lipinski definition) is 7. The zero-order valence-corrected chi connectivity index (χ0v) is 13.7. The van der Waals surface area contributed by atoms with Gasteiger partial charge in [-0.3, -0.25) is 19.2 Å². The lowest BCUT2D eigenvalue weighted by molar-refractivity contribution is -0.147. The molecular formula is C13H22N4O8. The average molecular weight is 362 g/mol. The van der Waals surface area contributed by atoms with Gasteiger partial charge < -0.3 is 37.0 Å². The number of aliphatic carboxylic acids is 2. The van der Waals surface area contributed by atoms with Gasteiger partial charge in [0.1, 0.15) is 18.1 Å². The molecule has 0 bridgehead atoms. The second kappa shape index (κ2) is 10.2. The molecule has 3 amide bonds. The highest BCUT2D eigenvalue weighted by atomic mass is 16.4. The molecule has 12 heteroatoms. The van der Waals surface area contributed by atoms with Crippen molar-refractivity contribution in [3.05, 3.63) is 0 Å². The molecule has 0 aliphatic heterocycles. The molecule has 0 fully saturated rings. The Kier molecular flexibility index (Phi) is 9.09. The largest absolute Gasteiger partial charge is 0.481 e. The molecule has 0 saturated carbocycles. The van der Waals surface area contributed by atoms with Crippen LogP contribution in [-0.2, 0) is 24.0 Å². The number of aliphatic hydroxyl groups excluding tert-OH is 1. The Balaban J connectivity index is 5.00. The molecule has 0 aromatic heterocycles. The fraction of sp³-hybridized carbons (Fsp3) is 0.615. The molecule has 0 aliphatic carbocycles. The first-order valence-corrected chi connectivity index (χ1v) is 7.22. The summed E-state index contributed by atoms with van der Waals surface area (Å²) in [4.78, 5) is 56.7. The van der Waals surface area contributed by atoms with Gasteiger partial charge in [0.05, 0.1) is 19.1 Å². The van der Waals surface area contributed by atoms with E-state index in [0.717, 1.165) is 0 Å². The van der Waals surface area contributed by atoms with Crippen LogP contribution < -0.4 is 21.7 Å². The van der Waals surface area contributed by atoms with Crippen molar-refractivity contribution in [1.82, 2.24) is 16.0 Å². The molecule has 25 heavy (non-hydrogen) atoms. The number of aliphatic hydroxyl groups is 1. The molecule has 0 aromatic rings. The number of carboxylic acids is 2. The summed E-state index contributed by atoms with van der Waals surface area (Å²) < 4.78 is 0. The lowest BCUT2D eigenvalue weighted by Gasteiger charge is -2.24. The predicted octanol–water partition coefficient (Wildman–Crippen LogP) is -3.64. The molecule has 8 N–H and O–H groups in total. The van der Waals surface area contributed by atoms with E-state index in [0.29, 0.717) is 0 Å². The van der Waals surface area contributed by atoms with Crippen LogP contribution in [0.4, 0.5) is 0 Å². The fourth-order valence-corrected chi connectivity index (χ4v) is 1.69. The Hall–Kier alpha value is -2.73. The molecular weight excluding hydrogens is 340 g/mol. The summed E-state index contributed by atoms with van der Waals surface area (Å²) in [5.74, 6) is -5.58. The lowest BCUT2D eigenvalue weighted by Crippen LogP contribution is -2.59. The van der Waals surface area contributed by atoms with Crippen LogP contribution in [0, 0.1) is 0 Å². The molecule has 4 unspecified atom stereocenters. The van der Waals surface area contributed by atoms with Crippen molar-refractivity contribution in [2.75, 3.05) is 6.54 Å². The van der Waals surface area contributed by atoms with Gasteiger partial charge in [-0.25, -0.2) is 4.79 Å². The maximum Gasteiger partial charge on any atom is 0.326 e. The fourth-order valence-electron chi connectivity index (χ4n) is 1.69. The minimum Gasteiger partial charge on any atom is -0.481 e. The summed E-state index contributed by atoms with van der Waals surface area (Å²) in [7, 11) is 0. The number of amides is 3. The number of carboxylic acid groups (broad SMARTS) is 2. The first-order valence-electron chi connectivity index (χ1n) is 7.22. The Morgan fingerprint density at radius 3 is 1.92 bits per heavy atom. The average Bonchev–Trinajstić information content (AvgIpc) is 2.50. The number of nitrogens with one attached hydrogen (secondary N) is 3. The van der Waals surface area contributed by atoms with E-state index in [-0.39, 0.29) is 6.54 Å². The van der Waals surface area contributed by atoms with Crippen LogP contribution in [0.15, 0.2) is 0 Å². The Labute approximate surface area is 142 Å². The van der Waals surface area contributed by atoms with Crippen LogP contribution >= 0.6 is 0 Å². The van der Waals surface area contributed by atoms with Crippen molar-refractivity contribution in [1.29, 1.82) is 0 Å². The van der Waals surface area contributed by atoms with Gasteiger partial charge in [0.2, 0.25) is 17.7 Å². The molecule has 0 heterocycles. The number of carbonyl (C=O) groups is 5. The summed E-state index contributed by atoms with van der Waals surface area (Å²) in [6.07, 6.45) is -2.30. The summed E-state index contributed by atoms with van der Waals surface area (Å²) in [5.41, 5.74) is 5.09. The third-order valence-corrected chi connectivity index (χ3v) is 3.01.